The van der Waals surface area contributed by atoms with E-state index in [1.54, 1.807) is 32.0 Å². The Labute approximate surface area is 157 Å². The summed E-state index contributed by atoms with van der Waals surface area (Å²) < 4.78 is 19.0. The standard InChI is InChI=1S/C20H20FN3O3/c1-12(2)18(24-19(25)14-6-4-5-7-15(14)21)20(26)23-16-10-13(11-22)8-9-17(16)27-3/h4-10,12,18H,1-3H3,(H,23,26)(H,24,25). The molecule has 0 saturated heterocycles. The predicted octanol–water partition coefficient (Wildman–Crippen LogP) is 3.10. The van der Waals surface area contributed by atoms with Crippen molar-refractivity contribution in [3.8, 4) is 11.8 Å². The quantitative estimate of drug-likeness (QED) is 0.818. The fourth-order valence-corrected chi connectivity index (χ4v) is 2.48. The number of carbonyl (C=O) groups excluding carboxylic acids is 2. The zero-order valence-corrected chi connectivity index (χ0v) is 15.2. The van der Waals surface area contributed by atoms with Gasteiger partial charge < -0.3 is 15.4 Å². The van der Waals surface area contributed by atoms with Crippen molar-refractivity contribution < 1.29 is 18.7 Å². The number of nitrogens with zero attached hydrogens (tertiary/aromatic N) is 1. The van der Waals surface area contributed by atoms with Gasteiger partial charge in [-0.1, -0.05) is 26.0 Å². The summed E-state index contributed by atoms with van der Waals surface area (Å²) in [6.45, 7) is 3.52. The van der Waals surface area contributed by atoms with E-state index < -0.39 is 23.7 Å². The van der Waals surface area contributed by atoms with Crippen molar-refractivity contribution in [1.29, 1.82) is 5.26 Å². The molecule has 2 aromatic rings. The van der Waals surface area contributed by atoms with Crippen LogP contribution >= 0.6 is 0 Å². The molecular formula is C20H20FN3O3. The molecule has 0 bridgehead atoms. The van der Waals surface area contributed by atoms with Crippen molar-refractivity contribution in [1.82, 2.24) is 5.32 Å². The molecule has 0 spiro atoms. The molecule has 2 rings (SSSR count). The lowest BCUT2D eigenvalue weighted by Crippen LogP contribution is -2.47. The minimum atomic E-state index is -0.910. The number of hydrogen-bond acceptors (Lipinski definition) is 4. The number of nitriles is 1. The van der Waals surface area contributed by atoms with Gasteiger partial charge in [-0.05, 0) is 36.2 Å². The fraction of sp³-hybridized carbons (Fsp3) is 0.250. The number of halogens is 1. The van der Waals surface area contributed by atoms with Crippen LogP contribution in [0.15, 0.2) is 42.5 Å². The number of ether oxygens (including phenoxy) is 1. The van der Waals surface area contributed by atoms with Crippen molar-refractivity contribution in [2.45, 2.75) is 19.9 Å². The molecule has 0 saturated carbocycles. The van der Waals surface area contributed by atoms with Gasteiger partial charge in [0.15, 0.2) is 0 Å². The highest BCUT2D eigenvalue weighted by molar-refractivity contribution is 6.02. The second-order valence-corrected chi connectivity index (χ2v) is 6.19. The molecule has 0 aliphatic rings. The first-order valence-corrected chi connectivity index (χ1v) is 8.31. The Bertz CT molecular complexity index is 890. The van der Waals surface area contributed by atoms with E-state index in [-0.39, 0.29) is 11.5 Å². The molecule has 0 aromatic heterocycles. The van der Waals surface area contributed by atoms with Gasteiger partial charge in [-0.2, -0.15) is 5.26 Å². The Morgan fingerprint density at radius 2 is 1.89 bits per heavy atom. The highest BCUT2D eigenvalue weighted by Gasteiger charge is 2.26. The summed E-state index contributed by atoms with van der Waals surface area (Å²) >= 11 is 0. The molecule has 2 aromatic carbocycles. The zero-order valence-electron chi connectivity index (χ0n) is 15.2. The highest BCUT2D eigenvalue weighted by Crippen LogP contribution is 2.25. The van der Waals surface area contributed by atoms with E-state index in [9.17, 15) is 14.0 Å². The minimum Gasteiger partial charge on any atom is -0.495 e. The first-order valence-electron chi connectivity index (χ1n) is 8.31. The molecule has 1 unspecified atom stereocenters. The van der Waals surface area contributed by atoms with Crippen LogP contribution in [0.2, 0.25) is 0 Å². The fourth-order valence-electron chi connectivity index (χ4n) is 2.48. The average molecular weight is 369 g/mol. The van der Waals surface area contributed by atoms with Crippen LogP contribution in [-0.2, 0) is 4.79 Å². The van der Waals surface area contributed by atoms with Crippen molar-refractivity contribution in [3.63, 3.8) is 0 Å². The average Bonchev–Trinajstić information content (AvgIpc) is 2.65. The summed E-state index contributed by atoms with van der Waals surface area (Å²) in [5.74, 6) is -1.72. The third-order valence-electron chi connectivity index (χ3n) is 3.94. The van der Waals surface area contributed by atoms with E-state index >= 15 is 0 Å². The third kappa shape index (κ3) is 4.82. The number of nitrogens with one attached hydrogen (secondary N) is 2. The Morgan fingerprint density at radius 3 is 2.48 bits per heavy atom. The van der Waals surface area contributed by atoms with Crippen molar-refractivity contribution >= 4 is 17.5 Å². The SMILES string of the molecule is COc1ccc(C#N)cc1NC(=O)C(NC(=O)c1ccccc1F)C(C)C. The number of carbonyl (C=O) groups is 2. The lowest BCUT2D eigenvalue weighted by molar-refractivity contribution is -0.118. The number of hydrogen-bond donors (Lipinski definition) is 2. The van der Waals surface area contributed by atoms with E-state index in [2.05, 4.69) is 10.6 Å². The maximum Gasteiger partial charge on any atom is 0.254 e. The Balaban J connectivity index is 2.22. The van der Waals surface area contributed by atoms with Crippen LogP contribution in [0.25, 0.3) is 0 Å². The first kappa shape index (κ1) is 19.9. The summed E-state index contributed by atoms with van der Waals surface area (Å²) in [5, 5.41) is 14.3. The molecule has 6 nitrogen and oxygen atoms in total. The normalized spacial score (nSPS) is 11.4. The zero-order chi connectivity index (χ0) is 20.0. The minimum absolute atomic E-state index is 0.139. The van der Waals surface area contributed by atoms with Crippen LogP contribution in [0, 0.1) is 23.1 Å². The second kappa shape index (κ2) is 8.81. The van der Waals surface area contributed by atoms with Crippen LogP contribution in [0.5, 0.6) is 5.75 Å². The van der Waals surface area contributed by atoms with Gasteiger partial charge in [-0.25, -0.2) is 4.39 Å². The van der Waals surface area contributed by atoms with E-state index in [1.165, 1.54) is 31.4 Å². The number of benzene rings is 2. The summed E-state index contributed by atoms with van der Waals surface area (Å²) in [6, 6.07) is 11.2. The van der Waals surface area contributed by atoms with E-state index in [0.29, 0.717) is 17.0 Å². The molecule has 140 valence electrons. The topological polar surface area (TPSA) is 91.2 Å². The maximum absolute atomic E-state index is 13.8. The summed E-state index contributed by atoms with van der Waals surface area (Å²) in [7, 11) is 1.44. The molecule has 1 atom stereocenters. The summed E-state index contributed by atoms with van der Waals surface area (Å²) in [4.78, 5) is 25.1. The van der Waals surface area contributed by atoms with E-state index in [0.717, 1.165) is 0 Å². The van der Waals surface area contributed by atoms with Gasteiger partial charge >= 0.3 is 0 Å². The van der Waals surface area contributed by atoms with Gasteiger partial charge in [0.1, 0.15) is 17.6 Å². The van der Waals surface area contributed by atoms with Crippen LogP contribution < -0.4 is 15.4 Å². The summed E-state index contributed by atoms with van der Waals surface area (Å²) in [6.07, 6.45) is 0. The Kier molecular flexibility index (Phi) is 6.50. The highest BCUT2D eigenvalue weighted by atomic mass is 19.1. The monoisotopic (exact) mass is 369 g/mol. The van der Waals surface area contributed by atoms with Crippen molar-refractivity contribution in [2.24, 2.45) is 5.92 Å². The van der Waals surface area contributed by atoms with Gasteiger partial charge in [0.2, 0.25) is 5.91 Å². The Hall–Kier alpha value is -3.40. The maximum atomic E-state index is 13.8. The Morgan fingerprint density at radius 1 is 1.19 bits per heavy atom. The molecule has 0 radical (unpaired) electrons. The molecular weight excluding hydrogens is 349 g/mol. The predicted molar refractivity (Wildman–Crippen MR) is 98.8 cm³/mol. The number of amides is 2. The molecule has 2 amide bonds. The molecule has 7 heteroatoms. The number of methoxy groups -OCH3 is 1. The lowest BCUT2D eigenvalue weighted by Gasteiger charge is -2.22. The molecule has 27 heavy (non-hydrogen) atoms. The smallest absolute Gasteiger partial charge is 0.254 e. The first-order chi connectivity index (χ1) is 12.9. The van der Waals surface area contributed by atoms with Crippen molar-refractivity contribution in [2.75, 3.05) is 12.4 Å². The van der Waals surface area contributed by atoms with Crippen LogP contribution in [0.1, 0.15) is 29.8 Å². The van der Waals surface area contributed by atoms with Gasteiger partial charge in [-0.3, -0.25) is 9.59 Å². The van der Waals surface area contributed by atoms with Crippen LogP contribution in [0.3, 0.4) is 0 Å². The van der Waals surface area contributed by atoms with Gasteiger partial charge in [0.25, 0.3) is 5.91 Å². The largest absolute Gasteiger partial charge is 0.495 e. The molecule has 0 fully saturated rings. The molecule has 2 N–H and O–H groups in total. The van der Waals surface area contributed by atoms with Gasteiger partial charge in [-0.15, -0.1) is 0 Å². The number of anilines is 1. The van der Waals surface area contributed by atoms with Gasteiger partial charge in [0.05, 0.1) is 30.0 Å². The third-order valence-corrected chi connectivity index (χ3v) is 3.94. The lowest BCUT2D eigenvalue weighted by atomic mass is 10.0. The molecule has 0 aliphatic heterocycles. The number of rotatable bonds is 6. The van der Waals surface area contributed by atoms with E-state index in [4.69, 9.17) is 10.00 Å². The second-order valence-electron chi connectivity index (χ2n) is 6.19. The molecule has 0 aliphatic carbocycles. The summed E-state index contributed by atoms with van der Waals surface area (Å²) in [5.41, 5.74) is 0.523. The van der Waals surface area contributed by atoms with E-state index in [1.807, 2.05) is 6.07 Å². The molecule has 0 heterocycles. The van der Waals surface area contributed by atoms with Crippen LogP contribution in [0.4, 0.5) is 10.1 Å². The van der Waals surface area contributed by atoms with Gasteiger partial charge in [0, 0.05) is 0 Å². The van der Waals surface area contributed by atoms with Crippen molar-refractivity contribution in [3.05, 3.63) is 59.4 Å². The van der Waals surface area contributed by atoms with Crippen LogP contribution in [-0.4, -0.2) is 25.0 Å².